The summed E-state index contributed by atoms with van der Waals surface area (Å²) in [6, 6.07) is 3.94. The summed E-state index contributed by atoms with van der Waals surface area (Å²) in [4.78, 5) is 4.53. The average Bonchev–Trinajstić information content (AvgIpc) is 3.11. The van der Waals surface area contributed by atoms with Gasteiger partial charge in [-0.25, -0.2) is 12.2 Å². The van der Waals surface area contributed by atoms with Crippen molar-refractivity contribution in [3.8, 4) is 0 Å². The minimum atomic E-state index is 0. The average molecular weight is 486 g/mol. The molecule has 23 heavy (non-hydrogen) atoms. The van der Waals surface area contributed by atoms with Crippen molar-refractivity contribution >= 4 is 22.0 Å². The number of pyridine rings is 1. The van der Waals surface area contributed by atoms with Gasteiger partial charge in [0.1, 0.15) is 0 Å². The molecule has 0 saturated heterocycles. The van der Waals surface area contributed by atoms with E-state index in [1.165, 1.54) is 22.3 Å². The SMILES string of the molecule is CC1=CC2=Cc3n[c-]ccc3C(Br)C2=C1.[C-]1=CC=CC1.[Cl-].[Cl-].[Zr+4]. The molecule has 0 N–H and O–H groups in total. The largest absolute Gasteiger partial charge is 4.00 e. The van der Waals surface area contributed by atoms with Gasteiger partial charge in [-0.3, -0.25) is 6.08 Å². The molecular formula is C18H14BrCl2NZr. The second-order valence-electron chi connectivity index (χ2n) is 4.87. The minimum absolute atomic E-state index is 0. The van der Waals surface area contributed by atoms with Crippen LogP contribution in [0.5, 0.6) is 0 Å². The second kappa shape index (κ2) is 10.6. The van der Waals surface area contributed by atoms with Crippen molar-refractivity contribution in [3.63, 3.8) is 0 Å². The number of nitrogens with zero attached hydrogens (tertiary/aromatic N) is 1. The molecule has 0 bridgehead atoms. The molecule has 1 unspecified atom stereocenters. The van der Waals surface area contributed by atoms with Gasteiger partial charge in [-0.05, 0) is 23.8 Å². The summed E-state index contributed by atoms with van der Waals surface area (Å²) in [6.45, 7) is 2.12. The van der Waals surface area contributed by atoms with Crippen LogP contribution in [0.4, 0.5) is 0 Å². The van der Waals surface area contributed by atoms with E-state index in [1.54, 1.807) is 0 Å². The Hall–Kier alpha value is -0.207. The molecule has 3 aliphatic carbocycles. The van der Waals surface area contributed by atoms with Crippen LogP contribution >= 0.6 is 15.9 Å². The molecule has 116 valence electrons. The van der Waals surface area contributed by atoms with Crippen LogP contribution in [-0.4, -0.2) is 4.98 Å². The molecule has 0 radical (unpaired) electrons. The third kappa shape index (κ3) is 5.39. The van der Waals surface area contributed by atoms with Gasteiger partial charge in [0.2, 0.25) is 0 Å². The number of hydrogen-bond acceptors (Lipinski definition) is 1. The van der Waals surface area contributed by atoms with Crippen LogP contribution in [0.1, 0.15) is 29.4 Å². The van der Waals surface area contributed by atoms with Crippen molar-refractivity contribution in [2.75, 3.05) is 0 Å². The maximum atomic E-state index is 4.27. The molecule has 0 spiro atoms. The van der Waals surface area contributed by atoms with E-state index in [1.807, 2.05) is 18.2 Å². The summed E-state index contributed by atoms with van der Waals surface area (Å²) in [7, 11) is 0. The van der Waals surface area contributed by atoms with Gasteiger partial charge >= 0.3 is 26.2 Å². The van der Waals surface area contributed by atoms with Gasteiger partial charge in [0.25, 0.3) is 0 Å². The monoisotopic (exact) mass is 483 g/mol. The van der Waals surface area contributed by atoms with E-state index in [-0.39, 0.29) is 55.8 Å². The maximum Gasteiger partial charge on any atom is 4.00 e. The van der Waals surface area contributed by atoms with Crippen LogP contribution in [0.25, 0.3) is 6.08 Å². The molecular weight excluding hydrogens is 472 g/mol. The van der Waals surface area contributed by atoms with Crippen LogP contribution < -0.4 is 24.8 Å². The molecule has 0 aliphatic heterocycles. The van der Waals surface area contributed by atoms with Gasteiger partial charge < -0.3 is 29.8 Å². The van der Waals surface area contributed by atoms with Gasteiger partial charge in [0.05, 0.1) is 0 Å². The molecule has 1 heterocycles. The van der Waals surface area contributed by atoms with E-state index in [2.05, 4.69) is 70.5 Å². The van der Waals surface area contributed by atoms with Crippen molar-refractivity contribution in [2.24, 2.45) is 0 Å². The summed E-state index contributed by atoms with van der Waals surface area (Å²) in [5.74, 6) is 0. The Bertz CT molecular complexity index is 680. The number of fused-ring (bicyclic) bond motifs is 2. The molecule has 0 saturated carbocycles. The minimum Gasteiger partial charge on any atom is -1.00 e. The first-order valence-corrected chi connectivity index (χ1v) is 7.52. The van der Waals surface area contributed by atoms with Crippen LogP contribution in [0.3, 0.4) is 0 Å². The van der Waals surface area contributed by atoms with Crippen LogP contribution in [0.2, 0.25) is 0 Å². The first kappa shape index (κ1) is 22.8. The van der Waals surface area contributed by atoms with Gasteiger partial charge in [0.15, 0.2) is 0 Å². The van der Waals surface area contributed by atoms with E-state index < -0.39 is 0 Å². The fraction of sp³-hybridized carbons (Fsp3) is 0.167. The van der Waals surface area contributed by atoms with E-state index in [0.29, 0.717) is 0 Å². The van der Waals surface area contributed by atoms with Gasteiger partial charge in [-0.15, -0.1) is 12.0 Å². The van der Waals surface area contributed by atoms with Crippen LogP contribution in [0, 0.1) is 12.3 Å². The molecule has 0 aromatic carbocycles. The van der Waals surface area contributed by atoms with Crippen molar-refractivity contribution in [1.82, 2.24) is 4.98 Å². The topological polar surface area (TPSA) is 12.9 Å². The Morgan fingerprint density at radius 1 is 1.22 bits per heavy atom. The molecule has 1 aromatic rings. The summed E-state index contributed by atoms with van der Waals surface area (Å²) >= 11 is 3.73. The van der Waals surface area contributed by atoms with Gasteiger partial charge in [-0.1, -0.05) is 45.9 Å². The fourth-order valence-corrected chi connectivity index (χ4v) is 3.20. The molecule has 1 aromatic heterocycles. The van der Waals surface area contributed by atoms with E-state index in [9.17, 15) is 0 Å². The normalized spacial score (nSPS) is 18.5. The maximum absolute atomic E-state index is 4.27. The number of rotatable bonds is 0. The Labute approximate surface area is 177 Å². The zero-order valence-corrected chi connectivity index (χ0v) is 18.0. The van der Waals surface area contributed by atoms with Crippen LogP contribution in [0.15, 0.2) is 59.2 Å². The zero-order valence-electron chi connectivity index (χ0n) is 12.5. The smallest absolute Gasteiger partial charge is 1.00 e. The van der Waals surface area contributed by atoms with Gasteiger partial charge in [0, 0.05) is 4.83 Å². The van der Waals surface area contributed by atoms with Gasteiger partial charge in [-0.2, -0.15) is 18.2 Å². The standard InChI is InChI=1S/C13H9BrN.C5H5.2ClH.Zr/c1-8-5-9-7-12-10(3-2-4-15-12)13(14)11(9)6-8;1-2-4-5-3-1;;;/h2-3,5-7,13H,1H3;1-3H,4H2;2*1H;/q2*-1;;;+4/p-2. The number of halogens is 3. The fourth-order valence-electron chi connectivity index (χ4n) is 2.41. The number of hydrogen-bond donors (Lipinski definition) is 0. The van der Waals surface area contributed by atoms with E-state index >= 15 is 0 Å². The van der Waals surface area contributed by atoms with Crippen molar-refractivity contribution < 1.29 is 51.0 Å². The molecule has 0 fully saturated rings. The first-order chi connectivity index (χ1) is 9.75. The molecule has 1 atom stereocenters. The molecule has 4 rings (SSSR count). The molecule has 3 aliphatic rings. The van der Waals surface area contributed by atoms with Crippen molar-refractivity contribution in [2.45, 2.75) is 18.2 Å². The van der Waals surface area contributed by atoms with Crippen LogP contribution in [-0.2, 0) is 26.2 Å². The van der Waals surface area contributed by atoms with Crippen molar-refractivity contribution in [3.05, 3.63) is 82.8 Å². The number of aromatic nitrogens is 1. The number of allylic oxidation sites excluding steroid dienone is 9. The van der Waals surface area contributed by atoms with E-state index in [4.69, 9.17) is 0 Å². The predicted octanol–water partition coefficient (Wildman–Crippen LogP) is -1.09. The molecule has 1 nitrogen and oxygen atoms in total. The van der Waals surface area contributed by atoms with Crippen molar-refractivity contribution in [1.29, 1.82) is 0 Å². The third-order valence-corrected chi connectivity index (χ3v) is 4.33. The Morgan fingerprint density at radius 3 is 2.61 bits per heavy atom. The summed E-state index contributed by atoms with van der Waals surface area (Å²) in [5, 5.41) is 0. The summed E-state index contributed by atoms with van der Waals surface area (Å²) < 4.78 is 0. The third-order valence-electron chi connectivity index (χ3n) is 3.34. The molecule has 5 heteroatoms. The summed E-state index contributed by atoms with van der Waals surface area (Å²) in [6.07, 6.45) is 19.4. The van der Waals surface area contributed by atoms with E-state index in [0.717, 1.165) is 12.1 Å². The Morgan fingerprint density at radius 2 is 2.00 bits per heavy atom. The predicted molar refractivity (Wildman–Crippen MR) is 86.1 cm³/mol. The summed E-state index contributed by atoms with van der Waals surface area (Å²) in [5.41, 5.74) is 6.17. The number of alkyl halides is 1. The zero-order chi connectivity index (χ0) is 13.9. The molecule has 0 amide bonds. The quantitative estimate of drug-likeness (QED) is 0.336. The first-order valence-electron chi connectivity index (χ1n) is 6.60. The second-order valence-corrected chi connectivity index (χ2v) is 5.78. The Balaban J connectivity index is 0.000000529. The Kier molecular flexibility index (Phi) is 10.5.